The molecule has 0 unspecified atom stereocenters. The summed E-state index contributed by atoms with van der Waals surface area (Å²) < 4.78 is 0. The molecule has 2 nitrogen and oxygen atoms in total. The van der Waals surface area contributed by atoms with Gasteiger partial charge < -0.3 is 9.80 Å². The van der Waals surface area contributed by atoms with E-state index in [1.54, 1.807) is 0 Å². The minimum absolute atomic E-state index is 0.300. The van der Waals surface area contributed by atoms with Crippen LogP contribution in [-0.2, 0) is 0 Å². The van der Waals surface area contributed by atoms with Crippen molar-refractivity contribution in [1.82, 2.24) is 0 Å². The molecule has 326 valence electrons. The van der Waals surface area contributed by atoms with E-state index in [0.29, 0.717) is 23.7 Å². The van der Waals surface area contributed by atoms with Gasteiger partial charge in [0, 0.05) is 33.5 Å². The van der Waals surface area contributed by atoms with E-state index in [-0.39, 0.29) is 0 Å². The molecular weight excluding hydrogens is 797 g/mol. The van der Waals surface area contributed by atoms with Gasteiger partial charge in [-0.15, -0.1) is 0 Å². The van der Waals surface area contributed by atoms with Crippen LogP contribution in [0.3, 0.4) is 0 Å². The Morgan fingerprint density at radius 3 is 0.879 bits per heavy atom. The van der Waals surface area contributed by atoms with Gasteiger partial charge in [0.15, 0.2) is 0 Å². The normalized spacial score (nSPS) is 11.9. The first-order chi connectivity index (χ1) is 32.0. The van der Waals surface area contributed by atoms with Crippen LogP contribution in [0.1, 0.15) is 101 Å². The second-order valence-corrected chi connectivity index (χ2v) is 19.3. The summed E-state index contributed by atoms with van der Waals surface area (Å²) in [5.41, 5.74) is 17.2. The summed E-state index contributed by atoms with van der Waals surface area (Å²) in [6.07, 6.45) is 0. The predicted octanol–water partition coefficient (Wildman–Crippen LogP) is 19.4. The van der Waals surface area contributed by atoms with E-state index < -0.39 is 0 Å². The zero-order valence-corrected chi connectivity index (χ0v) is 39.7. The van der Waals surface area contributed by atoms with Gasteiger partial charge in [-0.1, -0.05) is 177 Å². The molecule has 10 aromatic carbocycles. The van der Waals surface area contributed by atoms with E-state index in [9.17, 15) is 0 Å². The Bertz CT molecular complexity index is 3030. The molecule has 10 rings (SSSR count). The van der Waals surface area contributed by atoms with E-state index in [2.05, 4.69) is 259 Å². The lowest BCUT2D eigenvalue weighted by Crippen LogP contribution is -2.12. The lowest BCUT2D eigenvalue weighted by Gasteiger charge is -2.31. The third-order valence-electron chi connectivity index (χ3n) is 13.7. The summed E-state index contributed by atoms with van der Waals surface area (Å²) >= 11 is 0. The van der Waals surface area contributed by atoms with Crippen molar-refractivity contribution in [3.63, 3.8) is 0 Å². The van der Waals surface area contributed by atoms with Gasteiger partial charge in [-0.05, 0) is 163 Å². The molecular formula is C64H60N2. The van der Waals surface area contributed by atoms with Gasteiger partial charge in [-0.3, -0.25) is 0 Å². The minimum Gasteiger partial charge on any atom is -0.310 e. The summed E-state index contributed by atoms with van der Waals surface area (Å²) in [6.45, 7) is 18.5. The van der Waals surface area contributed by atoms with E-state index in [1.165, 1.54) is 88.2 Å². The molecule has 0 amide bonds. The number of benzene rings is 10. The van der Waals surface area contributed by atoms with Gasteiger partial charge >= 0.3 is 0 Å². The SMILES string of the molecule is CC(C)c1ccc(N(c2ccc(-c3ccccc3)cc2)c2ccc3c(C(C)C)cc4c(N(c5ccc(-c6ccccc6)cc5)c5ccc(C(C)C)cc5)ccc5c(C(C)C)cc2c3c54)cc1. The monoisotopic (exact) mass is 856 g/mol. The largest absolute Gasteiger partial charge is 0.310 e. The van der Waals surface area contributed by atoms with Crippen LogP contribution in [0.5, 0.6) is 0 Å². The van der Waals surface area contributed by atoms with Gasteiger partial charge in [-0.2, -0.15) is 0 Å². The smallest absolute Gasteiger partial charge is 0.0540 e. The Kier molecular flexibility index (Phi) is 11.5. The van der Waals surface area contributed by atoms with Crippen molar-refractivity contribution in [3.8, 4) is 22.3 Å². The highest BCUT2D eigenvalue weighted by Gasteiger charge is 2.26. The Labute approximate surface area is 392 Å². The third kappa shape index (κ3) is 7.79. The third-order valence-corrected chi connectivity index (χ3v) is 13.7. The maximum absolute atomic E-state index is 2.52. The molecule has 0 atom stereocenters. The fourth-order valence-corrected chi connectivity index (χ4v) is 10.1. The highest BCUT2D eigenvalue weighted by atomic mass is 15.1. The molecule has 10 aromatic rings. The minimum atomic E-state index is 0.300. The Balaban J connectivity index is 1.25. The van der Waals surface area contributed by atoms with Crippen LogP contribution in [-0.4, -0.2) is 0 Å². The quantitative estimate of drug-likeness (QED) is 0.113. The second-order valence-electron chi connectivity index (χ2n) is 19.3. The van der Waals surface area contributed by atoms with E-state index in [1.807, 2.05) is 0 Å². The van der Waals surface area contributed by atoms with E-state index in [0.717, 1.165) is 22.7 Å². The molecule has 0 radical (unpaired) electrons. The van der Waals surface area contributed by atoms with Gasteiger partial charge in [0.1, 0.15) is 0 Å². The van der Waals surface area contributed by atoms with Crippen LogP contribution in [0.15, 0.2) is 194 Å². The standard InChI is InChI=1S/C64H60N2/c1-41(2)45-19-27-51(28-20-45)65(53-31-23-49(24-32-53)47-15-11-9-12-16-47)61-37-35-55-58(44(7)8)40-60-62(38-36-56-57(43(5)6)39-59(61)63(55)64(56)60)66(52-29-21-46(22-30-52)42(3)4)54-33-25-50(26-34-54)48-17-13-10-14-18-48/h9-44H,1-8H3. The zero-order valence-electron chi connectivity index (χ0n) is 39.7. The molecule has 0 aliphatic carbocycles. The zero-order chi connectivity index (χ0) is 45.6. The maximum Gasteiger partial charge on any atom is 0.0540 e. The molecule has 0 bridgehead atoms. The molecule has 66 heavy (non-hydrogen) atoms. The number of rotatable bonds is 12. The average molecular weight is 857 g/mol. The molecule has 0 N–H and O–H groups in total. The van der Waals surface area contributed by atoms with E-state index >= 15 is 0 Å². The average Bonchev–Trinajstić information content (AvgIpc) is 3.35. The van der Waals surface area contributed by atoms with Crippen molar-refractivity contribution in [3.05, 3.63) is 216 Å². The summed E-state index contributed by atoms with van der Waals surface area (Å²) in [7, 11) is 0. The summed E-state index contributed by atoms with van der Waals surface area (Å²) in [6, 6.07) is 72.7. The molecule has 0 spiro atoms. The van der Waals surface area contributed by atoms with E-state index in [4.69, 9.17) is 0 Å². The summed E-state index contributed by atoms with van der Waals surface area (Å²) in [5, 5.41) is 7.84. The number of nitrogens with zero attached hydrogens (tertiary/aromatic N) is 2. The van der Waals surface area contributed by atoms with Crippen LogP contribution in [0.4, 0.5) is 34.1 Å². The predicted molar refractivity (Wildman–Crippen MR) is 287 cm³/mol. The van der Waals surface area contributed by atoms with Crippen LogP contribution in [0.2, 0.25) is 0 Å². The molecule has 0 heterocycles. The maximum atomic E-state index is 2.52. The lowest BCUT2D eigenvalue weighted by atomic mass is 9.83. The first kappa shape index (κ1) is 42.8. The Morgan fingerprint density at radius 1 is 0.273 bits per heavy atom. The lowest BCUT2D eigenvalue weighted by molar-refractivity contribution is 0.866. The van der Waals surface area contributed by atoms with Crippen molar-refractivity contribution in [1.29, 1.82) is 0 Å². The van der Waals surface area contributed by atoms with Gasteiger partial charge in [0.25, 0.3) is 0 Å². The molecule has 0 aliphatic heterocycles. The Hall–Kier alpha value is -7.16. The second kappa shape index (κ2) is 17.7. The number of hydrogen-bond donors (Lipinski definition) is 0. The number of hydrogen-bond acceptors (Lipinski definition) is 2. The molecule has 0 aliphatic rings. The van der Waals surface area contributed by atoms with Crippen LogP contribution < -0.4 is 9.80 Å². The first-order valence-corrected chi connectivity index (χ1v) is 23.9. The topological polar surface area (TPSA) is 6.48 Å². The number of anilines is 6. The van der Waals surface area contributed by atoms with Gasteiger partial charge in [0.2, 0.25) is 0 Å². The van der Waals surface area contributed by atoms with Gasteiger partial charge in [-0.25, -0.2) is 0 Å². The molecule has 2 heteroatoms. The highest BCUT2D eigenvalue weighted by molar-refractivity contribution is 6.29. The molecule has 0 aromatic heterocycles. The summed E-state index contributed by atoms with van der Waals surface area (Å²) in [4.78, 5) is 4.98. The van der Waals surface area contributed by atoms with Crippen molar-refractivity contribution in [2.24, 2.45) is 0 Å². The molecule has 0 saturated heterocycles. The van der Waals surface area contributed by atoms with Gasteiger partial charge in [0.05, 0.1) is 11.4 Å². The molecule has 0 saturated carbocycles. The van der Waals surface area contributed by atoms with Crippen LogP contribution in [0, 0.1) is 0 Å². The molecule has 0 fully saturated rings. The van der Waals surface area contributed by atoms with Crippen LogP contribution >= 0.6 is 0 Å². The van der Waals surface area contributed by atoms with Crippen LogP contribution in [0.25, 0.3) is 54.6 Å². The highest BCUT2D eigenvalue weighted by Crippen LogP contribution is 2.51. The fraction of sp³-hybridized carbons (Fsp3) is 0.188. The fourth-order valence-electron chi connectivity index (χ4n) is 10.1. The van der Waals surface area contributed by atoms with Crippen molar-refractivity contribution in [2.45, 2.75) is 79.1 Å². The van der Waals surface area contributed by atoms with Crippen molar-refractivity contribution >= 4 is 66.4 Å². The Morgan fingerprint density at radius 2 is 0.576 bits per heavy atom. The van der Waals surface area contributed by atoms with Crippen molar-refractivity contribution in [2.75, 3.05) is 9.80 Å². The first-order valence-electron chi connectivity index (χ1n) is 23.9. The van der Waals surface area contributed by atoms with Crippen molar-refractivity contribution < 1.29 is 0 Å². The summed E-state index contributed by atoms with van der Waals surface area (Å²) in [5.74, 6) is 1.49.